The van der Waals surface area contributed by atoms with E-state index in [4.69, 9.17) is 21.3 Å². The average Bonchev–Trinajstić information content (AvgIpc) is 2.70. The third-order valence-electron chi connectivity index (χ3n) is 4.74. The van der Waals surface area contributed by atoms with Crippen molar-refractivity contribution < 1.29 is 34.3 Å². The Morgan fingerprint density at radius 3 is 2.13 bits per heavy atom. The Balaban J connectivity index is 2.48. The number of ketones is 1. The number of carboxylic acids is 1. The molecule has 11 heteroatoms. The lowest BCUT2D eigenvalue weighted by Gasteiger charge is -2.28. The van der Waals surface area contributed by atoms with E-state index in [0.717, 1.165) is 0 Å². The van der Waals surface area contributed by atoms with Gasteiger partial charge in [-0.25, -0.2) is 4.79 Å². The van der Waals surface area contributed by atoms with Crippen molar-refractivity contribution in [3.05, 3.63) is 39.9 Å². The molecular weight excluding hydrogens is 398 g/mol. The third kappa shape index (κ3) is 6.31. The van der Waals surface area contributed by atoms with Crippen molar-refractivity contribution in [2.24, 2.45) is 17.4 Å². The van der Waals surface area contributed by atoms with Crippen LogP contribution in [0.1, 0.15) is 38.7 Å². The van der Waals surface area contributed by atoms with E-state index in [9.17, 15) is 29.6 Å². The van der Waals surface area contributed by atoms with Crippen LogP contribution >= 0.6 is 0 Å². The smallest absolute Gasteiger partial charge is 0.343 e. The second kappa shape index (κ2) is 10.8. The highest BCUT2D eigenvalue weighted by Gasteiger charge is 2.48. The Morgan fingerprint density at radius 1 is 1.13 bits per heavy atom. The molecule has 0 aliphatic carbocycles. The van der Waals surface area contributed by atoms with Crippen molar-refractivity contribution in [2.75, 3.05) is 0 Å². The molecule has 1 aromatic rings. The maximum atomic E-state index is 12.3. The predicted octanol–water partition coefficient (Wildman–Crippen LogP) is 0.504. The molecule has 0 saturated carbocycles. The lowest BCUT2D eigenvalue weighted by molar-refractivity contribution is -0.384. The Morgan fingerprint density at radius 2 is 1.67 bits per heavy atom. The zero-order valence-electron chi connectivity index (χ0n) is 16.8. The zero-order valence-corrected chi connectivity index (χ0v) is 16.8. The number of hydrogen-bond acceptors (Lipinski definition) is 9. The van der Waals surface area contributed by atoms with Crippen LogP contribution in [0.2, 0.25) is 0 Å². The van der Waals surface area contributed by atoms with Gasteiger partial charge in [0.1, 0.15) is 12.6 Å². The van der Waals surface area contributed by atoms with Crippen LogP contribution in [0.4, 0.5) is 5.69 Å². The van der Waals surface area contributed by atoms with Crippen molar-refractivity contribution in [1.82, 2.24) is 0 Å². The van der Waals surface area contributed by atoms with Gasteiger partial charge in [0.05, 0.1) is 11.0 Å². The normalized spacial score (nSPS) is 15.1. The summed E-state index contributed by atoms with van der Waals surface area (Å²) >= 11 is 0. The van der Waals surface area contributed by atoms with Gasteiger partial charge in [0.15, 0.2) is 5.78 Å². The van der Waals surface area contributed by atoms with E-state index in [0.29, 0.717) is 5.56 Å². The number of nitrogens with two attached hydrogens (primary N) is 2. The summed E-state index contributed by atoms with van der Waals surface area (Å²) in [5.41, 5.74) is 9.38. The van der Waals surface area contributed by atoms with Gasteiger partial charge in [0.2, 0.25) is 5.60 Å². The minimum atomic E-state index is -2.58. The van der Waals surface area contributed by atoms with E-state index >= 15 is 0 Å². The van der Waals surface area contributed by atoms with Crippen molar-refractivity contribution in [2.45, 2.75) is 57.4 Å². The zero-order chi connectivity index (χ0) is 23.1. The monoisotopic (exact) mass is 425 g/mol. The number of nitro groups is 1. The molecule has 6 N–H and O–H groups in total. The standard InChI is InChI=1S/C19H27N3O8/c1-11(2)19(27,18(25)26)16(23)14(20)4-3-5-15(21)17(24)30-10-12-6-8-13(9-7-12)22(28)29/h6-9,11,14-15,27H,3-5,10,20-21H2,1-2H3,(H,25,26)/t14-,15?,19?/m0/s1. The van der Waals surface area contributed by atoms with Crippen LogP contribution in [0.3, 0.4) is 0 Å². The minimum absolute atomic E-state index is 0.0322. The molecule has 0 aromatic heterocycles. The highest BCUT2D eigenvalue weighted by atomic mass is 16.6. The Labute approximate surface area is 173 Å². The van der Waals surface area contributed by atoms with Crippen LogP contribution in [-0.2, 0) is 25.7 Å². The first-order valence-corrected chi connectivity index (χ1v) is 9.32. The van der Waals surface area contributed by atoms with Gasteiger partial charge in [-0.15, -0.1) is 0 Å². The number of hydrogen-bond donors (Lipinski definition) is 4. The lowest BCUT2D eigenvalue weighted by Crippen LogP contribution is -2.57. The Bertz CT molecular complexity index is 780. The Hall–Kier alpha value is -2.89. The highest BCUT2D eigenvalue weighted by molar-refractivity contribution is 6.08. The molecular formula is C19H27N3O8. The first-order chi connectivity index (χ1) is 13.9. The first-order valence-electron chi connectivity index (χ1n) is 9.32. The number of carbonyl (C=O) groups is 3. The van der Waals surface area contributed by atoms with Crippen LogP contribution < -0.4 is 11.5 Å². The van der Waals surface area contributed by atoms with Crippen molar-refractivity contribution in [1.29, 1.82) is 0 Å². The van der Waals surface area contributed by atoms with E-state index in [1.807, 2.05) is 0 Å². The molecule has 11 nitrogen and oxygen atoms in total. The van der Waals surface area contributed by atoms with Crippen LogP contribution in [0, 0.1) is 16.0 Å². The number of benzene rings is 1. The maximum absolute atomic E-state index is 12.3. The van der Waals surface area contributed by atoms with Crippen LogP contribution in [0.5, 0.6) is 0 Å². The quantitative estimate of drug-likeness (QED) is 0.158. The number of Topliss-reactive ketones (excluding diaryl/α,β-unsaturated/α-hetero) is 1. The predicted molar refractivity (Wildman–Crippen MR) is 105 cm³/mol. The number of ether oxygens (including phenoxy) is 1. The summed E-state index contributed by atoms with van der Waals surface area (Å²) in [5.74, 6) is -4.23. The molecule has 0 saturated heterocycles. The molecule has 0 heterocycles. The fourth-order valence-electron chi connectivity index (χ4n) is 2.70. The lowest BCUT2D eigenvalue weighted by atomic mass is 9.82. The fourth-order valence-corrected chi connectivity index (χ4v) is 2.70. The number of aliphatic carboxylic acids is 1. The number of esters is 1. The second-order valence-electron chi connectivity index (χ2n) is 7.27. The van der Waals surface area contributed by atoms with Crippen molar-refractivity contribution in [3.8, 4) is 0 Å². The van der Waals surface area contributed by atoms with Crippen molar-refractivity contribution in [3.63, 3.8) is 0 Å². The highest BCUT2D eigenvalue weighted by Crippen LogP contribution is 2.21. The largest absolute Gasteiger partial charge is 0.479 e. The molecule has 2 unspecified atom stereocenters. The van der Waals surface area contributed by atoms with Crippen LogP contribution in [0.15, 0.2) is 24.3 Å². The second-order valence-corrected chi connectivity index (χ2v) is 7.27. The maximum Gasteiger partial charge on any atom is 0.343 e. The van der Waals surface area contributed by atoms with Gasteiger partial charge >= 0.3 is 11.9 Å². The summed E-state index contributed by atoms with van der Waals surface area (Å²) in [6.45, 7) is 2.69. The molecule has 0 radical (unpaired) electrons. The molecule has 0 spiro atoms. The number of carbonyl (C=O) groups excluding carboxylic acids is 2. The number of non-ortho nitro benzene ring substituents is 1. The minimum Gasteiger partial charge on any atom is -0.479 e. The topological polar surface area (TPSA) is 196 Å². The number of rotatable bonds is 12. The van der Waals surface area contributed by atoms with E-state index in [1.165, 1.54) is 38.1 Å². The molecule has 1 aromatic carbocycles. The summed E-state index contributed by atoms with van der Waals surface area (Å²) in [4.78, 5) is 45.6. The summed E-state index contributed by atoms with van der Waals surface area (Å²) in [7, 11) is 0. The number of carboxylic acid groups (broad SMARTS) is 1. The SMILES string of the molecule is CC(C)C(O)(C(=O)O)C(=O)[C@@H](N)CCCC(N)C(=O)OCc1ccc([N+](=O)[O-])cc1. The van der Waals surface area contributed by atoms with E-state index < -0.39 is 46.2 Å². The van der Waals surface area contributed by atoms with Crippen LogP contribution in [-0.4, -0.2) is 50.5 Å². The molecule has 0 aliphatic heterocycles. The van der Waals surface area contributed by atoms with E-state index in [-0.39, 0.29) is 31.6 Å². The number of nitrogens with zero attached hydrogens (tertiary/aromatic N) is 1. The molecule has 1 rings (SSSR count). The van der Waals surface area contributed by atoms with Gasteiger partial charge in [-0.3, -0.25) is 19.7 Å². The number of nitro benzene ring substituents is 1. The van der Waals surface area contributed by atoms with Crippen molar-refractivity contribution >= 4 is 23.4 Å². The average molecular weight is 425 g/mol. The van der Waals surface area contributed by atoms with Gasteiger partial charge in [-0.1, -0.05) is 13.8 Å². The molecule has 166 valence electrons. The van der Waals surface area contributed by atoms with E-state index in [2.05, 4.69) is 0 Å². The van der Waals surface area contributed by atoms with Gasteiger partial charge in [-0.2, -0.15) is 0 Å². The molecule has 0 aliphatic rings. The Kier molecular flexibility index (Phi) is 9.02. The molecule has 3 atom stereocenters. The molecule has 0 amide bonds. The van der Waals surface area contributed by atoms with Gasteiger partial charge in [-0.05, 0) is 37.0 Å². The van der Waals surface area contributed by atoms with Gasteiger partial charge in [0.25, 0.3) is 5.69 Å². The van der Waals surface area contributed by atoms with Gasteiger partial charge < -0.3 is 26.4 Å². The summed E-state index contributed by atoms with van der Waals surface area (Å²) in [6.07, 6.45) is 0.395. The molecule has 30 heavy (non-hydrogen) atoms. The fraction of sp³-hybridized carbons (Fsp3) is 0.526. The third-order valence-corrected chi connectivity index (χ3v) is 4.74. The number of aliphatic hydroxyl groups is 1. The van der Waals surface area contributed by atoms with Crippen LogP contribution in [0.25, 0.3) is 0 Å². The summed E-state index contributed by atoms with van der Waals surface area (Å²) in [6, 6.07) is 3.28. The summed E-state index contributed by atoms with van der Waals surface area (Å²) in [5, 5.41) is 29.9. The van der Waals surface area contributed by atoms with E-state index in [1.54, 1.807) is 0 Å². The van der Waals surface area contributed by atoms with Gasteiger partial charge in [0, 0.05) is 18.1 Å². The molecule has 0 fully saturated rings. The molecule has 0 bridgehead atoms. The first kappa shape index (κ1) is 25.1. The summed E-state index contributed by atoms with van der Waals surface area (Å²) < 4.78 is 5.06.